The van der Waals surface area contributed by atoms with Gasteiger partial charge in [-0.3, -0.25) is 14.9 Å². The van der Waals surface area contributed by atoms with Crippen molar-refractivity contribution in [2.75, 3.05) is 13.7 Å². The van der Waals surface area contributed by atoms with Crippen LogP contribution in [0.5, 0.6) is 11.5 Å². The molecule has 0 aliphatic carbocycles. The number of ether oxygens (including phenoxy) is 3. The number of rotatable bonds is 9. The first kappa shape index (κ1) is 26.8. The van der Waals surface area contributed by atoms with Crippen molar-refractivity contribution in [3.63, 3.8) is 0 Å². The lowest BCUT2D eigenvalue weighted by molar-refractivity contribution is -0.386. The summed E-state index contributed by atoms with van der Waals surface area (Å²) in [5, 5.41) is 16.5. The van der Waals surface area contributed by atoms with Crippen LogP contribution in [0.1, 0.15) is 45.0 Å². The van der Waals surface area contributed by atoms with Crippen LogP contribution >= 0.6 is 15.9 Å². The van der Waals surface area contributed by atoms with E-state index in [1.54, 1.807) is 25.1 Å². The Morgan fingerprint density at radius 1 is 1.28 bits per heavy atom. The van der Waals surface area contributed by atoms with E-state index < -0.39 is 22.7 Å². The quantitative estimate of drug-likeness (QED) is 0.162. The lowest BCUT2D eigenvalue weighted by Crippen LogP contribution is -2.26. The van der Waals surface area contributed by atoms with Gasteiger partial charge in [-0.05, 0) is 38.1 Å². The standard InChI is InChI=1S/C24H25BrN4O7/c1-6-35-24(31)14(4)36-21-19(29(32)33)9-15(10-20(21)34-5)12-26-28-22(13(2)3)27-18-8-7-16(25)11-17(18)23(28)30/h7-14H,6H2,1-5H3/t14-/m0/s1. The third-order valence-electron chi connectivity index (χ3n) is 5.06. The zero-order chi connectivity index (χ0) is 26.6. The van der Waals surface area contributed by atoms with Gasteiger partial charge in [0.2, 0.25) is 5.75 Å². The van der Waals surface area contributed by atoms with E-state index in [1.165, 1.54) is 37.1 Å². The van der Waals surface area contributed by atoms with E-state index in [9.17, 15) is 19.7 Å². The summed E-state index contributed by atoms with van der Waals surface area (Å²) in [5.74, 6) is -0.588. The van der Waals surface area contributed by atoms with Crippen molar-refractivity contribution in [2.24, 2.45) is 5.10 Å². The smallest absolute Gasteiger partial charge is 0.347 e. The SMILES string of the molecule is CCOC(=O)[C@H](C)Oc1c(OC)cc(C=Nn2c(C(C)C)nc3ccc(Br)cc3c2=O)cc1[N+](=O)[O-]. The van der Waals surface area contributed by atoms with Crippen LogP contribution in [0.3, 0.4) is 0 Å². The summed E-state index contributed by atoms with van der Waals surface area (Å²) >= 11 is 3.36. The van der Waals surface area contributed by atoms with Gasteiger partial charge in [0.1, 0.15) is 5.82 Å². The second kappa shape index (κ2) is 11.3. The lowest BCUT2D eigenvalue weighted by Gasteiger charge is -2.16. The summed E-state index contributed by atoms with van der Waals surface area (Å²) in [7, 11) is 1.31. The molecule has 11 nitrogen and oxygen atoms in total. The number of nitro benzene ring substituents is 1. The van der Waals surface area contributed by atoms with Gasteiger partial charge in [0.15, 0.2) is 11.9 Å². The second-order valence-corrected chi connectivity index (χ2v) is 8.90. The van der Waals surface area contributed by atoms with Crippen molar-refractivity contribution in [3.05, 3.63) is 66.7 Å². The van der Waals surface area contributed by atoms with Gasteiger partial charge in [-0.15, -0.1) is 0 Å². The van der Waals surface area contributed by atoms with Crippen LogP contribution in [0.15, 0.2) is 44.7 Å². The molecule has 1 heterocycles. The second-order valence-electron chi connectivity index (χ2n) is 7.99. The van der Waals surface area contributed by atoms with E-state index in [0.717, 1.165) is 4.47 Å². The van der Waals surface area contributed by atoms with Gasteiger partial charge in [0, 0.05) is 22.0 Å². The fraction of sp³-hybridized carbons (Fsp3) is 0.333. The number of hydrogen-bond acceptors (Lipinski definition) is 9. The molecule has 0 aliphatic heterocycles. The highest BCUT2D eigenvalue weighted by Gasteiger charge is 2.27. The van der Waals surface area contributed by atoms with Crippen LogP contribution in [0.4, 0.5) is 5.69 Å². The number of esters is 1. The molecule has 0 unspecified atom stereocenters. The molecule has 0 saturated heterocycles. The molecule has 1 aromatic heterocycles. The maximum absolute atomic E-state index is 13.2. The third-order valence-corrected chi connectivity index (χ3v) is 5.55. The summed E-state index contributed by atoms with van der Waals surface area (Å²) in [6, 6.07) is 7.86. The first-order chi connectivity index (χ1) is 17.1. The molecule has 36 heavy (non-hydrogen) atoms. The number of methoxy groups -OCH3 is 1. The first-order valence-corrected chi connectivity index (χ1v) is 11.8. The molecule has 2 aromatic carbocycles. The van der Waals surface area contributed by atoms with Crippen molar-refractivity contribution in [1.29, 1.82) is 0 Å². The Morgan fingerprint density at radius 2 is 2.00 bits per heavy atom. The molecule has 12 heteroatoms. The number of fused-ring (bicyclic) bond motifs is 1. The van der Waals surface area contributed by atoms with Gasteiger partial charge in [-0.25, -0.2) is 9.78 Å². The van der Waals surface area contributed by atoms with Crippen molar-refractivity contribution in [1.82, 2.24) is 9.66 Å². The van der Waals surface area contributed by atoms with Gasteiger partial charge in [-0.2, -0.15) is 9.78 Å². The van der Waals surface area contributed by atoms with E-state index in [4.69, 9.17) is 14.2 Å². The molecule has 0 aliphatic rings. The Morgan fingerprint density at radius 3 is 2.61 bits per heavy atom. The molecule has 0 saturated carbocycles. The Balaban J connectivity index is 2.11. The molecule has 1 atom stereocenters. The van der Waals surface area contributed by atoms with E-state index in [-0.39, 0.29) is 35.1 Å². The minimum atomic E-state index is -1.10. The van der Waals surface area contributed by atoms with Crippen molar-refractivity contribution in [3.8, 4) is 11.5 Å². The summed E-state index contributed by atoms with van der Waals surface area (Å²) in [6.45, 7) is 6.95. The topological polar surface area (TPSA) is 135 Å². The van der Waals surface area contributed by atoms with Crippen LogP contribution in [-0.2, 0) is 9.53 Å². The Bertz CT molecular complexity index is 1400. The molecule has 0 spiro atoms. The molecular weight excluding hydrogens is 536 g/mol. The monoisotopic (exact) mass is 560 g/mol. The van der Waals surface area contributed by atoms with E-state index in [2.05, 4.69) is 26.0 Å². The van der Waals surface area contributed by atoms with E-state index >= 15 is 0 Å². The Kier molecular flexibility index (Phi) is 8.41. The van der Waals surface area contributed by atoms with E-state index in [0.29, 0.717) is 16.7 Å². The zero-order valence-electron chi connectivity index (χ0n) is 20.4. The van der Waals surface area contributed by atoms with Gasteiger partial charge in [0.25, 0.3) is 5.56 Å². The van der Waals surface area contributed by atoms with Crippen LogP contribution < -0.4 is 15.0 Å². The average Bonchev–Trinajstić information content (AvgIpc) is 2.83. The van der Waals surface area contributed by atoms with Gasteiger partial charge in [0.05, 0.1) is 35.8 Å². The first-order valence-electron chi connectivity index (χ1n) is 11.0. The number of carbonyl (C=O) groups is 1. The fourth-order valence-electron chi connectivity index (χ4n) is 3.35. The van der Waals surface area contributed by atoms with Gasteiger partial charge in [-0.1, -0.05) is 29.8 Å². The molecule has 3 rings (SSSR count). The maximum Gasteiger partial charge on any atom is 0.347 e. The third kappa shape index (κ3) is 5.70. The fourth-order valence-corrected chi connectivity index (χ4v) is 3.71. The van der Waals surface area contributed by atoms with Crippen molar-refractivity contribution < 1.29 is 23.9 Å². The van der Waals surface area contributed by atoms with Gasteiger partial charge >= 0.3 is 11.7 Å². The summed E-state index contributed by atoms with van der Waals surface area (Å²) in [5.41, 5.74) is -0.0200. The van der Waals surface area contributed by atoms with E-state index in [1.807, 2.05) is 13.8 Å². The predicted octanol–water partition coefficient (Wildman–Crippen LogP) is 4.41. The highest BCUT2D eigenvalue weighted by molar-refractivity contribution is 9.10. The number of aromatic nitrogens is 2. The minimum absolute atomic E-state index is 0.0128. The van der Waals surface area contributed by atoms with Crippen molar-refractivity contribution >= 4 is 44.7 Å². The molecule has 0 radical (unpaired) electrons. The van der Waals surface area contributed by atoms with Crippen LogP contribution in [-0.4, -0.2) is 46.6 Å². The Labute approximate surface area is 215 Å². The van der Waals surface area contributed by atoms with Crippen LogP contribution in [0, 0.1) is 10.1 Å². The summed E-state index contributed by atoms with van der Waals surface area (Å²) < 4.78 is 17.6. The maximum atomic E-state index is 13.2. The summed E-state index contributed by atoms with van der Waals surface area (Å²) in [4.78, 5) is 40.9. The molecule has 0 amide bonds. The van der Waals surface area contributed by atoms with Crippen LogP contribution in [0.25, 0.3) is 10.9 Å². The number of carbonyl (C=O) groups excluding carboxylic acids is 1. The largest absolute Gasteiger partial charge is 0.493 e. The molecule has 0 bridgehead atoms. The molecule has 0 N–H and O–H groups in total. The number of nitro groups is 1. The number of halogens is 1. The van der Waals surface area contributed by atoms with Crippen LogP contribution in [0.2, 0.25) is 0 Å². The zero-order valence-corrected chi connectivity index (χ0v) is 21.9. The van der Waals surface area contributed by atoms with Crippen molar-refractivity contribution in [2.45, 2.75) is 39.7 Å². The number of nitrogens with zero attached hydrogens (tertiary/aromatic N) is 4. The van der Waals surface area contributed by atoms with Gasteiger partial charge < -0.3 is 14.2 Å². The lowest BCUT2D eigenvalue weighted by atomic mass is 10.1. The molecule has 190 valence electrons. The number of hydrogen-bond donors (Lipinski definition) is 0. The molecule has 3 aromatic rings. The predicted molar refractivity (Wildman–Crippen MR) is 137 cm³/mol. The normalized spacial score (nSPS) is 12.2. The summed E-state index contributed by atoms with van der Waals surface area (Å²) in [6.07, 6.45) is 0.194. The number of benzene rings is 2. The Hall–Kier alpha value is -3.80. The molecule has 0 fully saturated rings. The highest BCUT2D eigenvalue weighted by atomic mass is 79.9. The highest BCUT2D eigenvalue weighted by Crippen LogP contribution is 2.38. The molecular formula is C24H25BrN4O7. The average molecular weight is 561 g/mol. The minimum Gasteiger partial charge on any atom is -0.493 e.